The molecule has 7 heteroatoms. The number of para-hydroxylation sites is 2. The average molecular weight is 351 g/mol. The van der Waals surface area contributed by atoms with Gasteiger partial charge in [0.2, 0.25) is 5.91 Å². The molecule has 2 aromatic rings. The third-order valence-electron chi connectivity index (χ3n) is 3.75. The van der Waals surface area contributed by atoms with Gasteiger partial charge >= 0.3 is 6.18 Å². The van der Waals surface area contributed by atoms with E-state index in [9.17, 15) is 18.0 Å². The second kappa shape index (κ2) is 7.14. The number of hydrogen-bond donors (Lipinski definition) is 1. The SMILES string of the molecule is O=C(NCCOCC(F)(F)F)C1c2ccccc2Oc2ccccc21. The number of alkyl halides is 3. The smallest absolute Gasteiger partial charge is 0.411 e. The molecule has 0 bridgehead atoms. The van der Waals surface area contributed by atoms with E-state index >= 15 is 0 Å². The van der Waals surface area contributed by atoms with E-state index in [0.717, 1.165) is 11.1 Å². The van der Waals surface area contributed by atoms with Gasteiger partial charge in [0.1, 0.15) is 18.1 Å². The molecule has 1 aliphatic rings. The lowest BCUT2D eigenvalue weighted by atomic mass is 9.87. The van der Waals surface area contributed by atoms with Crippen LogP contribution in [0.3, 0.4) is 0 Å². The number of ether oxygens (including phenoxy) is 2. The number of nitrogens with one attached hydrogen (secondary N) is 1. The van der Waals surface area contributed by atoms with Crippen LogP contribution in [0.4, 0.5) is 13.2 Å². The Hall–Kier alpha value is -2.54. The predicted octanol–water partition coefficient (Wildman–Crippen LogP) is 3.62. The molecule has 0 saturated heterocycles. The fraction of sp³-hybridized carbons (Fsp3) is 0.278. The van der Waals surface area contributed by atoms with Crippen molar-refractivity contribution in [2.45, 2.75) is 12.1 Å². The van der Waals surface area contributed by atoms with Gasteiger partial charge in [-0.05, 0) is 12.1 Å². The molecule has 1 amide bonds. The number of carbonyl (C=O) groups is 1. The van der Waals surface area contributed by atoms with Crippen LogP contribution in [-0.2, 0) is 9.53 Å². The summed E-state index contributed by atoms with van der Waals surface area (Å²) in [5.41, 5.74) is 1.44. The van der Waals surface area contributed by atoms with Crippen molar-refractivity contribution in [2.24, 2.45) is 0 Å². The molecule has 132 valence electrons. The van der Waals surface area contributed by atoms with Crippen LogP contribution in [0.2, 0.25) is 0 Å². The molecular weight excluding hydrogens is 335 g/mol. The maximum Gasteiger partial charge on any atom is 0.411 e. The summed E-state index contributed by atoms with van der Waals surface area (Å²) in [5.74, 6) is 0.298. The first-order chi connectivity index (χ1) is 12.0. The van der Waals surface area contributed by atoms with Gasteiger partial charge in [-0.15, -0.1) is 0 Å². The van der Waals surface area contributed by atoms with Crippen molar-refractivity contribution < 1.29 is 27.4 Å². The van der Waals surface area contributed by atoms with Crippen molar-refractivity contribution in [3.8, 4) is 11.5 Å². The van der Waals surface area contributed by atoms with Gasteiger partial charge in [0.25, 0.3) is 0 Å². The number of benzene rings is 2. The van der Waals surface area contributed by atoms with Crippen LogP contribution in [0.25, 0.3) is 0 Å². The molecule has 0 aliphatic carbocycles. The highest BCUT2D eigenvalue weighted by Gasteiger charge is 2.32. The Morgan fingerprint density at radius 2 is 1.60 bits per heavy atom. The van der Waals surface area contributed by atoms with Crippen LogP contribution in [-0.4, -0.2) is 31.8 Å². The summed E-state index contributed by atoms with van der Waals surface area (Å²) < 4.78 is 46.4. The van der Waals surface area contributed by atoms with Gasteiger partial charge in [0.15, 0.2) is 0 Å². The zero-order valence-corrected chi connectivity index (χ0v) is 13.2. The van der Waals surface area contributed by atoms with Crippen LogP contribution in [0.15, 0.2) is 48.5 Å². The maximum atomic E-state index is 12.6. The monoisotopic (exact) mass is 351 g/mol. The van der Waals surface area contributed by atoms with Crippen LogP contribution < -0.4 is 10.1 Å². The average Bonchev–Trinajstić information content (AvgIpc) is 2.58. The standard InChI is InChI=1S/C18H16F3NO3/c19-18(20,21)11-24-10-9-22-17(23)16-12-5-1-3-7-14(12)25-15-8-4-2-6-13(15)16/h1-8,16H,9-11H2,(H,22,23). The molecule has 1 heterocycles. The highest BCUT2D eigenvalue weighted by atomic mass is 19.4. The molecule has 25 heavy (non-hydrogen) atoms. The third-order valence-corrected chi connectivity index (χ3v) is 3.75. The minimum atomic E-state index is -4.37. The van der Waals surface area contributed by atoms with E-state index in [1.807, 2.05) is 24.3 Å². The van der Waals surface area contributed by atoms with Gasteiger partial charge in [-0.3, -0.25) is 4.79 Å². The van der Waals surface area contributed by atoms with Crippen molar-refractivity contribution in [3.05, 3.63) is 59.7 Å². The summed E-state index contributed by atoms with van der Waals surface area (Å²) in [6.07, 6.45) is -4.37. The van der Waals surface area contributed by atoms with E-state index in [-0.39, 0.29) is 19.1 Å². The number of rotatable bonds is 5. The molecule has 4 nitrogen and oxygen atoms in total. The zero-order chi connectivity index (χ0) is 17.9. The summed E-state index contributed by atoms with van der Waals surface area (Å²) in [5, 5.41) is 2.63. The molecule has 0 atom stereocenters. The molecule has 0 fully saturated rings. The topological polar surface area (TPSA) is 47.6 Å². The van der Waals surface area contributed by atoms with Gasteiger partial charge in [-0.2, -0.15) is 13.2 Å². The number of amides is 1. The zero-order valence-electron chi connectivity index (χ0n) is 13.2. The largest absolute Gasteiger partial charge is 0.457 e. The lowest BCUT2D eigenvalue weighted by molar-refractivity contribution is -0.173. The van der Waals surface area contributed by atoms with Gasteiger partial charge in [-0.1, -0.05) is 36.4 Å². The van der Waals surface area contributed by atoms with E-state index in [2.05, 4.69) is 10.1 Å². The lowest BCUT2D eigenvalue weighted by Gasteiger charge is -2.27. The van der Waals surface area contributed by atoms with Gasteiger partial charge in [0.05, 0.1) is 12.5 Å². The Morgan fingerprint density at radius 1 is 1.04 bits per heavy atom. The maximum absolute atomic E-state index is 12.6. The van der Waals surface area contributed by atoms with E-state index < -0.39 is 18.7 Å². The van der Waals surface area contributed by atoms with Crippen molar-refractivity contribution in [2.75, 3.05) is 19.8 Å². The Morgan fingerprint density at radius 3 is 2.16 bits per heavy atom. The highest BCUT2D eigenvalue weighted by molar-refractivity contribution is 5.89. The molecular formula is C18H16F3NO3. The van der Waals surface area contributed by atoms with E-state index in [1.165, 1.54) is 0 Å². The first kappa shape index (κ1) is 17.3. The molecule has 0 radical (unpaired) electrons. The molecule has 0 spiro atoms. The Bertz CT molecular complexity index is 716. The number of fused-ring (bicyclic) bond motifs is 2. The highest BCUT2D eigenvalue weighted by Crippen LogP contribution is 2.43. The van der Waals surface area contributed by atoms with Crippen LogP contribution in [0, 0.1) is 0 Å². The molecule has 0 aromatic heterocycles. The fourth-order valence-electron chi connectivity index (χ4n) is 2.73. The molecule has 0 saturated carbocycles. The molecule has 3 rings (SSSR count). The van der Waals surface area contributed by atoms with Crippen molar-refractivity contribution >= 4 is 5.91 Å². The second-order valence-corrected chi connectivity index (χ2v) is 5.57. The third kappa shape index (κ3) is 4.11. The van der Waals surface area contributed by atoms with Gasteiger partial charge < -0.3 is 14.8 Å². The molecule has 1 aliphatic heterocycles. The number of carbonyl (C=O) groups excluding carboxylic acids is 1. The Kier molecular flexibility index (Phi) is 4.94. The molecule has 0 unspecified atom stereocenters. The van der Waals surface area contributed by atoms with Crippen molar-refractivity contribution in [3.63, 3.8) is 0 Å². The normalized spacial score (nSPS) is 13.6. The first-order valence-electron chi connectivity index (χ1n) is 7.73. The van der Waals surface area contributed by atoms with Crippen LogP contribution in [0.1, 0.15) is 17.0 Å². The Labute approximate surface area is 142 Å². The van der Waals surface area contributed by atoms with Crippen LogP contribution >= 0.6 is 0 Å². The summed E-state index contributed by atoms with van der Waals surface area (Å²) in [7, 11) is 0. The van der Waals surface area contributed by atoms with Gasteiger partial charge in [0, 0.05) is 17.7 Å². The fourth-order valence-corrected chi connectivity index (χ4v) is 2.73. The predicted molar refractivity (Wildman–Crippen MR) is 84.7 cm³/mol. The summed E-state index contributed by atoms with van der Waals surface area (Å²) >= 11 is 0. The van der Waals surface area contributed by atoms with Gasteiger partial charge in [-0.25, -0.2) is 0 Å². The molecule has 2 aromatic carbocycles. The quantitative estimate of drug-likeness (QED) is 0.837. The number of hydrogen-bond acceptors (Lipinski definition) is 3. The second-order valence-electron chi connectivity index (χ2n) is 5.57. The lowest BCUT2D eigenvalue weighted by Crippen LogP contribution is -2.34. The summed E-state index contributed by atoms with van der Waals surface area (Å²) in [4.78, 5) is 12.6. The van der Waals surface area contributed by atoms with Crippen LogP contribution in [0.5, 0.6) is 11.5 Å². The molecule has 1 N–H and O–H groups in total. The Balaban J connectivity index is 1.70. The minimum Gasteiger partial charge on any atom is -0.457 e. The van der Waals surface area contributed by atoms with E-state index in [1.54, 1.807) is 24.3 Å². The van der Waals surface area contributed by atoms with E-state index in [0.29, 0.717) is 11.5 Å². The minimum absolute atomic E-state index is 0.00337. The van der Waals surface area contributed by atoms with Crippen molar-refractivity contribution in [1.29, 1.82) is 0 Å². The first-order valence-corrected chi connectivity index (χ1v) is 7.73. The van der Waals surface area contributed by atoms with Crippen molar-refractivity contribution in [1.82, 2.24) is 5.32 Å². The number of halogens is 3. The van der Waals surface area contributed by atoms with E-state index in [4.69, 9.17) is 4.74 Å². The summed E-state index contributed by atoms with van der Waals surface area (Å²) in [6, 6.07) is 14.4. The summed E-state index contributed by atoms with van der Waals surface area (Å²) in [6.45, 7) is -1.54.